The lowest BCUT2D eigenvalue weighted by Crippen LogP contribution is -2.39. The van der Waals surface area contributed by atoms with E-state index in [4.69, 9.17) is 16.7 Å². The molecule has 2 amide bonds. The summed E-state index contributed by atoms with van der Waals surface area (Å²) in [6.45, 7) is 0.0104. The number of aromatic nitrogens is 1. The number of aliphatic hydroxyl groups excluding tert-OH is 1. The summed E-state index contributed by atoms with van der Waals surface area (Å²) in [4.78, 5) is 15.9. The molecule has 1 heterocycles. The normalized spacial score (nSPS) is 11.7. The molecule has 0 aliphatic heterocycles. The molecule has 0 aliphatic carbocycles. The van der Waals surface area contributed by atoms with Gasteiger partial charge in [0, 0.05) is 18.8 Å². The van der Waals surface area contributed by atoms with Crippen LogP contribution in [0.3, 0.4) is 0 Å². The van der Waals surface area contributed by atoms with E-state index in [0.717, 1.165) is 5.56 Å². The number of carbonyl (C=O) groups is 1. The first-order valence-electron chi connectivity index (χ1n) is 7.00. The lowest BCUT2D eigenvalue weighted by molar-refractivity contribution is 0.238. The molecule has 2 rings (SSSR count). The number of carbonyl (C=O) groups excluding carboxylic acids is 1. The van der Waals surface area contributed by atoms with Gasteiger partial charge in [-0.15, -0.1) is 0 Å². The molecular weight excluding hydrogens is 302 g/mol. The Bertz CT molecular complexity index is 607. The molecular formula is C16H18ClN3O2. The van der Waals surface area contributed by atoms with E-state index in [-0.39, 0.29) is 18.7 Å². The summed E-state index contributed by atoms with van der Waals surface area (Å²) in [7, 11) is 0. The zero-order valence-electron chi connectivity index (χ0n) is 12.0. The van der Waals surface area contributed by atoms with E-state index in [1.54, 1.807) is 6.07 Å². The molecule has 1 aromatic heterocycles. The van der Waals surface area contributed by atoms with Gasteiger partial charge in [-0.1, -0.05) is 41.9 Å². The molecule has 0 aliphatic rings. The summed E-state index contributed by atoms with van der Waals surface area (Å²) in [5.74, 6) is 0. The van der Waals surface area contributed by atoms with Crippen LogP contribution < -0.4 is 10.6 Å². The highest BCUT2D eigenvalue weighted by Crippen LogP contribution is 2.13. The van der Waals surface area contributed by atoms with Crippen molar-refractivity contribution in [2.45, 2.75) is 18.9 Å². The number of aliphatic hydroxyl groups is 1. The molecule has 5 nitrogen and oxygen atoms in total. The van der Waals surface area contributed by atoms with Crippen molar-refractivity contribution in [3.8, 4) is 0 Å². The maximum absolute atomic E-state index is 12.0. The fourth-order valence-electron chi connectivity index (χ4n) is 2.11. The van der Waals surface area contributed by atoms with Crippen LogP contribution in [0.5, 0.6) is 0 Å². The summed E-state index contributed by atoms with van der Waals surface area (Å²) in [6, 6.07) is 10.9. The van der Waals surface area contributed by atoms with Gasteiger partial charge < -0.3 is 15.7 Å². The zero-order valence-corrected chi connectivity index (χ0v) is 12.8. The van der Waals surface area contributed by atoms with Crippen LogP contribution in [0.25, 0.3) is 0 Å². The molecule has 1 aromatic carbocycles. The average Bonchev–Trinajstić information content (AvgIpc) is 2.48. The Morgan fingerprint density at radius 2 is 2.05 bits per heavy atom. The second-order valence-corrected chi connectivity index (χ2v) is 5.33. The van der Waals surface area contributed by atoms with Crippen LogP contribution in [0.4, 0.5) is 10.5 Å². The second kappa shape index (κ2) is 8.36. The molecule has 1 atom stereocenters. The molecule has 0 bridgehead atoms. The van der Waals surface area contributed by atoms with Gasteiger partial charge in [0.1, 0.15) is 0 Å². The molecule has 0 spiro atoms. The maximum Gasteiger partial charge on any atom is 0.319 e. The molecule has 116 valence electrons. The van der Waals surface area contributed by atoms with Crippen molar-refractivity contribution in [3.05, 3.63) is 59.4 Å². The number of amides is 2. The fraction of sp³-hybridized carbons (Fsp3) is 0.250. The highest BCUT2D eigenvalue weighted by Gasteiger charge is 2.13. The van der Waals surface area contributed by atoms with Gasteiger partial charge in [0.2, 0.25) is 0 Å². The van der Waals surface area contributed by atoms with Crippen LogP contribution in [0.1, 0.15) is 12.0 Å². The molecule has 0 fully saturated rings. The summed E-state index contributed by atoms with van der Waals surface area (Å²) >= 11 is 5.82. The Kier molecular flexibility index (Phi) is 6.18. The van der Waals surface area contributed by atoms with Crippen LogP contribution in [0.2, 0.25) is 5.02 Å². The first-order valence-corrected chi connectivity index (χ1v) is 7.38. The van der Waals surface area contributed by atoms with Crippen molar-refractivity contribution in [1.82, 2.24) is 10.3 Å². The standard InChI is InChI=1S/C16H18ClN3O2/c17-13-9-15(11-18-10-13)20-16(22)19-14(6-7-21)8-12-4-2-1-3-5-12/h1-5,9-11,14,21H,6-8H2,(H2,19,20,22). The third kappa shape index (κ3) is 5.35. The summed E-state index contributed by atoms with van der Waals surface area (Å²) in [5.41, 5.74) is 1.62. The second-order valence-electron chi connectivity index (χ2n) is 4.89. The minimum absolute atomic E-state index is 0.0104. The number of hydrogen-bond acceptors (Lipinski definition) is 3. The average molecular weight is 320 g/mol. The number of nitrogens with zero attached hydrogens (tertiary/aromatic N) is 1. The quantitative estimate of drug-likeness (QED) is 0.766. The van der Waals surface area contributed by atoms with Gasteiger partial charge in [-0.05, 0) is 24.5 Å². The van der Waals surface area contributed by atoms with Crippen molar-refractivity contribution < 1.29 is 9.90 Å². The third-order valence-electron chi connectivity index (χ3n) is 3.10. The van der Waals surface area contributed by atoms with Gasteiger partial charge in [-0.3, -0.25) is 4.98 Å². The number of benzene rings is 1. The molecule has 0 saturated carbocycles. The fourth-order valence-corrected chi connectivity index (χ4v) is 2.29. The lowest BCUT2D eigenvalue weighted by Gasteiger charge is -2.18. The number of nitrogens with one attached hydrogen (secondary N) is 2. The zero-order chi connectivity index (χ0) is 15.8. The molecule has 1 unspecified atom stereocenters. The van der Waals surface area contributed by atoms with Crippen molar-refractivity contribution >= 4 is 23.3 Å². The lowest BCUT2D eigenvalue weighted by atomic mass is 10.0. The van der Waals surface area contributed by atoms with E-state index >= 15 is 0 Å². The summed E-state index contributed by atoms with van der Waals surface area (Å²) in [5, 5.41) is 15.1. The Balaban J connectivity index is 1.93. The number of pyridine rings is 1. The maximum atomic E-state index is 12.0. The Labute approximate surface area is 134 Å². The van der Waals surface area contributed by atoms with Crippen molar-refractivity contribution in [3.63, 3.8) is 0 Å². The van der Waals surface area contributed by atoms with Crippen LogP contribution in [-0.2, 0) is 6.42 Å². The highest BCUT2D eigenvalue weighted by atomic mass is 35.5. The number of halogens is 1. The number of hydrogen-bond donors (Lipinski definition) is 3. The third-order valence-corrected chi connectivity index (χ3v) is 3.31. The van der Waals surface area contributed by atoms with Gasteiger partial charge >= 0.3 is 6.03 Å². The van der Waals surface area contributed by atoms with Gasteiger partial charge in [-0.2, -0.15) is 0 Å². The topological polar surface area (TPSA) is 74.2 Å². The van der Waals surface area contributed by atoms with E-state index in [9.17, 15) is 4.79 Å². The predicted molar refractivity (Wildman–Crippen MR) is 87.0 cm³/mol. The largest absolute Gasteiger partial charge is 0.396 e. The monoisotopic (exact) mass is 319 g/mol. The Morgan fingerprint density at radius 3 is 2.73 bits per heavy atom. The minimum atomic E-state index is -0.349. The summed E-state index contributed by atoms with van der Waals surface area (Å²) in [6.07, 6.45) is 4.15. The SMILES string of the molecule is O=C(Nc1cncc(Cl)c1)NC(CCO)Cc1ccccc1. The van der Waals surface area contributed by atoms with Crippen LogP contribution in [0.15, 0.2) is 48.8 Å². The molecule has 3 N–H and O–H groups in total. The van der Waals surface area contributed by atoms with E-state index in [2.05, 4.69) is 15.6 Å². The number of anilines is 1. The van der Waals surface area contributed by atoms with Crippen LogP contribution >= 0.6 is 11.6 Å². The van der Waals surface area contributed by atoms with E-state index in [1.807, 2.05) is 30.3 Å². The van der Waals surface area contributed by atoms with Gasteiger partial charge in [0.15, 0.2) is 0 Å². The van der Waals surface area contributed by atoms with Gasteiger partial charge in [0.25, 0.3) is 0 Å². The first kappa shape index (κ1) is 16.3. The van der Waals surface area contributed by atoms with E-state index in [0.29, 0.717) is 23.6 Å². The number of urea groups is 1. The Morgan fingerprint density at radius 1 is 1.27 bits per heavy atom. The van der Waals surface area contributed by atoms with Crippen molar-refractivity contribution in [2.75, 3.05) is 11.9 Å². The molecule has 6 heteroatoms. The molecule has 0 saturated heterocycles. The van der Waals surface area contributed by atoms with Crippen molar-refractivity contribution in [1.29, 1.82) is 0 Å². The van der Waals surface area contributed by atoms with Crippen molar-refractivity contribution in [2.24, 2.45) is 0 Å². The van der Waals surface area contributed by atoms with Crippen LogP contribution in [-0.4, -0.2) is 28.8 Å². The summed E-state index contributed by atoms with van der Waals surface area (Å²) < 4.78 is 0. The highest BCUT2D eigenvalue weighted by molar-refractivity contribution is 6.30. The Hall–Kier alpha value is -2.11. The van der Waals surface area contributed by atoms with E-state index < -0.39 is 0 Å². The smallest absolute Gasteiger partial charge is 0.319 e. The van der Waals surface area contributed by atoms with E-state index in [1.165, 1.54) is 12.4 Å². The molecule has 22 heavy (non-hydrogen) atoms. The predicted octanol–water partition coefficient (Wildman–Crippen LogP) is 2.85. The first-order chi connectivity index (χ1) is 10.7. The van der Waals surface area contributed by atoms with Crippen LogP contribution in [0, 0.1) is 0 Å². The number of rotatable bonds is 6. The van der Waals surface area contributed by atoms with Gasteiger partial charge in [0.05, 0.1) is 16.9 Å². The minimum Gasteiger partial charge on any atom is -0.396 e. The van der Waals surface area contributed by atoms with Gasteiger partial charge in [-0.25, -0.2) is 4.79 Å². The molecule has 2 aromatic rings. The molecule has 0 radical (unpaired) electrons.